The minimum Gasteiger partial charge on any atom is -0.497 e. The number of benzene rings is 1. The molecule has 4 rings (SSSR count). The normalized spacial score (nSPS) is 19.0. The summed E-state index contributed by atoms with van der Waals surface area (Å²) >= 11 is 1.91. The minimum absolute atomic E-state index is 0.155. The first-order chi connectivity index (χ1) is 12.1. The van der Waals surface area contributed by atoms with Crippen molar-refractivity contribution < 1.29 is 4.74 Å². The molecule has 0 spiro atoms. The molecule has 0 radical (unpaired) electrons. The third-order valence-electron chi connectivity index (χ3n) is 5.20. The molecule has 0 fully saturated rings. The number of fused-ring (bicyclic) bond motifs is 4. The zero-order chi connectivity index (χ0) is 17.6. The molecule has 2 aliphatic rings. The smallest absolute Gasteiger partial charge is 0.187 e. The van der Waals surface area contributed by atoms with Crippen LogP contribution in [0.3, 0.4) is 0 Å². The van der Waals surface area contributed by atoms with Crippen LogP contribution in [0.5, 0.6) is 5.75 Å². The second-order valence-corrected chi connectivity index (χ2v) is 7.90. The van der Waals surface area contributed by atoms with Crippen molar-refractivity contribution in [2.45, 2.75) is 32.4 Å². The van der Waals surface area contributed by atoms with Crippen molar-refractivity contribution in [1.29, 1.82) is 0 Å². The molecular formula is C20H22N2O2S. The van der Waals surface area contributed by atoms with Crippen LogP contribution in [-0.4, -0.2) is 23.3 Å². The van der Waals surface area contributed by atoms with E-state index in [9.17, 15) is 4.79 Å². The summed E-state index contributed by atoms with van der Waals surface area (Å²) in [5.74, 6) is 4.24. The van der Waals surface area contributed by atoms with Crippen LogP contribution in [0.1, 0.15) is 28.8 Å². The molecule has 130 valence electrons. The van der Waals surface area contributed by atoms with E-state index >= 15 is 0 Å². The standard InChI is InChI=1S/C20H22N2O2S/c1-12-10-22-18(13(2)19(12)23)11-25-7-6-15-8-14-4-5-16(24-3)9-17(14)21-20(15)22/h4-5,9-10,15H,6-8,11H2,1-3H3. The molecule has 3 heterocycles. The lowest BCUT2D eigenvalue weighted by molar-refractivity contribution is 0.414. The molecule has 25 heavy (non-hydrogen) atoms. The van der Waals surface area contributed by atoms with E-state index in [1.165, 1.54) is 5.56 Å². The van der Waals surface area contributed by atoms with Gasteiger partial charge in [0.1, 0.15) is 11.6 Å². The summed E-state index contributed by atoms with van der Waals surface area (Å²) in [5, 5.41) is 0. The zero-order valence-electron chi connectivity index (χ0n) is 14.8. The number of hydrogen-bond donors (Lipinski definition) is 0. The number of hydrogen-bond acceptors (Lipinski definition) is 4. The summed E-state index contributed by atoms with van der Waals surface area (Å²) in [6.45, 7) is 3.84. The van der Waals surface area contributed by atoms with Crippen molar-refractivity contribution >= 4 is 23.3 Å². The summed E-state index contributed by atoms with van der Waals surface area (Å²) in [5.41, 5.74) is 5.14. The van der Waals surface area contributed by atoms with Gasteiger partial charge in [0.05, 0.1) is 12.8 Å². The van der Waals surface area contributed by atoms with Crippen LogP contribution in [0.2, 0.25) is 0 Å². The van der Waals surface area contributed by atoms with E-state index in [-0.39, 0.29) is 5.43 Å². The number of methoxy groups -OCH3 is 1. The largest absolute Gasteiger partial charge is 0.497 e. The van der Waals surface area contributed by atoms with Crippen LogP contribution >= 0.6 is 11.8 Å². The Morgan fingerprint density at radius 1 is 1.32 bits per heavy atom. The van der Waals surface area contributed by atoms with Crippen LogP contribution in [0.25, 0.3) is 0 Å². The fourth-order valence-corrected chi connectivity index (χ4v) is 4.86. The maximum Gasteiger partial charge on any atom is 0.187 e. The van der Waals surface area contributed by atoms with Crippen LogP contribution in [-0.2, 0) is 12.2 Å². The van der Waals surface area contributed by atoms with Gasteiger partial charge in [0.25, 0.3) is 0 Å². The third-order valence-corrected chi connectivity index (χ3v) is 6.20. The van der Waals surface area contributed by atoms with E-state index in [2.05, 4.69) is 10.6 Å². The Labute approximate surface area is 151 Å². The number of nitrogens with zero attached hydrogens (tertiary/aromatic N) is 2. The lowest BCUT2D eigenvalue weighted by Crippen LogP contribution is -2.33. The van der Waals surface area contributed by atoms with Gasteiger partial charge in [0, 0.05) is 40.8 Å². The molecule has 0 saturated heterocycles. The molecule has 0 N–H and O–H groups in total. The summed E-state index contributed by atoms with van der Waals surface area (Å²) in [7, 11) is 1.68. The molecule has 1 aromatic carbocycles. The maximum atomic E-state index is 12.4. The molecule has 4 nitrogen and oxygen atoms in total. The fourth-order valence-electron chi connectivity index (χ4n) is 3.71. The highest BCUT2D eigenvalue weighted by atomic mass is 32.2. The highest BCUT2D eigenvalue weighted by Gasteiger charge is 2.28. The first-order valence-corrected chi connectivity index (χ1v) is 9.79. The van der Waals surface area contributed by atoms with Crippen molar-refractivity contribution in [1.82, 2.24) is 4.57 Å². The monoisotopic (exact) mass is 354 g/mol. The Kier molecular flexibility index (Phi) is 4.20. The second kappa shape index (κ2) is 6.37. The Bertz CT molecular complexity index is 930. The Balaban J connectivity index is 1.94. The van der Waals surface area contributed by atoms with Crippen LogP contribution < -0.4 is 10.2 Å². The molecule has 1 atom stereocenters. The van der Waals surface area contributed by atoms with E-state index in [1.807, 2.05) is 43.9 Å². The van der Waals surface area contributed by atoms with Crippen molar-refractivity contribution in [3.05, 3.63) is 57.0 Å². The molecular weight excluding hydrogens is 332 g/mol. The van der Waals surface area contributed by atoms with Gasteiger partial charge in [0.15, 0.2) is 5.43 Å². The average Bonchev–Trinajstić information content (AvgIpc) is 2.61. The van der Waals surface area contributed by atoms with Gasteiger partial charge in [-0.05, 0) is 44.1 Å². The van der Waals surface area contributed by atoms with E-state index < -0.39 is 0 Å². The van der Waals surface area contributed by atoms with Gasteiger partial charge in [-0.1, -0.05) is 6.07 Å². The minimum atomic E-state index is 0.155. The average molecular weight is 354 g/mol. The summed E-state index contributed by atoms with van der Waals surface area (Å²) < 4.78 is 7.55. The Morgan fingerprint density at radius 3 is 2.96 bits per heavy atom. The van der Waals surface area contributed by atoms with Gasteiger partial charge in [-0.3, -0.25) is 4.79 Å². The molecule has 5 heteroatoms. The molecule has 1 aromatic heterocycles. The number of rotatable bonds is 1. The first kappa shape index (κ1) is 16.5. The number of thioether (sulfide) groups is 1. The summed E-state index contributed by atoms with van der Waals surface area (Å²) in [6.07, 6.45) is 4.08. The fraction of sp³-hybridized carbons (Fsp3) is 0.400. The Morgan fingerprint density at radius 2 is 2.16 bits per heavy atom. The van der Waals surface area contributed by atoms with Crippen molar-refractivity contribution in [3.8, 4) is 5.75 Å². The third kappa shape index (κ3) is 2.80. The molecule has 0 bridgehead atoms. The Hall–Kier alpha value is -2.01. The second-order valence-electron chi connectivity index (χ2n) is 6.79. The van der Waals surface area contributed by atoms with Crippen molar-refractivity contribution in [2.75, 3.05) is 12.9 Å². The summed E-state index contributed by atoms with van der Waals surface area (Å²) in [6, 6.07) is 6.15. The van der Waals surface area contributed by atoms with E-state index in [4.69, 9.17) is 9.73 Å². The maximum absolute atomic E-state index is 12.4. The number of aryl methyl sites for hydroxylation is 1. The van der Waals surface area contributed by atoms with E-state index in [0.29, 0.717) is 5.92 Å². The number of ether oxygens (including phenoxy) is 1. The molecule has 1 unspecified atom stereocenters. The zero-order valence-corrected chi connectivity index (χ0v) is 15.7. The quantitative estimate of drug-likeness (QED) is 0.781. The van der Waals surface area contributed by atoms with Crippen LogP contribution in [0, 0.1) is 19.8 Å². The topological polar surface area (TPSA) is 43.6 Å². The first-order valence-electron chi connectivity index (χ1n) is 8.64. The lowest BCUT2D eigenvalue weighted by atomic mass is 9.91. The van der Waals surface area contributed by atoms with Crippen LogP contribution in [0.4, 0.5) is 5.69 Å². The highest BCUT2D eigenvalue weighted by molar-refractivity contribution is 7.98. The van der Waals surface area contributed by atoms with Gasteiger partial charge in [0.2, 0.25) is 0 Å². The molecule has 2 aliphatic heterocycles. The van der Waals surface area contributed by atoms with Crippen molar-refractivity contribution in [3.63, 3.8) is 0 Å². The van der Waals surface area contributed by atoms with Crippen molar-refractivity contribution in [2.24, 2.45) is 10.9 Å². The van der Waals surface area contributed by atoms with E-state index in [1.54, 1.807) is 7.11 Å². The molecule has 2 aromatic rings. The van der Waals surface area contributed by atoms with Gasteiger partial charge in [-0.2, -0.15) is 11.8 Å². The predicted molar refractivity (Wildman–Crippen MR) is 104 cm³/mol. The van der Waals surface area contributed by atoms with Gasteiger partial charge >= 0.3 is 0 Å². The number of aromatic nitrogens is 1. The summed E-state index contributed by atoms with van der Waals surface area (Å²) in [4.78, 5) is 17.4. The highest BCUT2D eigenvalue weighted by Crippen LogP contribution is 2.36. The van der Waals surface area contributed by atoms with Gasteiger partial charge < -0.3 is 9.30 Å². The number of pyridine rings is 1. The van der Waals surface area contributed by atoms with Crippen LogP contribution in [0.15, 0.2) is 34.2 Å². The molecule has 0 saturated carbocycles. The van der Waals surface area contributed by atoms with E-state index in [0.717, 1.165) is 58.4 Å². The van der Waals surface area contributed by atoms with Gasteiger partial charge in [-0.25, -0.2) is 4.99 Å². The SMILES string of the molecule is COc1ccc2c(c1)N=C1C(CCSCc3c(C)c(=O)c(C)cn31)C2. The predicted octanol–water partition coefficient (Wildman–Crippen LogP) is 3.86. The molecule has 0 aliphatic carbocycles. The number of aliphatic imine (C=N–C) groups is 1. The van der Waals surface area contributed by atoms with Gasteiger partial charge in [-0.15, -0.1) is 0 Å². The molecule has 0 amide bonds. The lowest BCUT2D eigenvalue weighted by Gasteiger charge is -2.30.